The summed E-state index contributed by atoms with van der Waals surface area (Å²) >= 11 is 0. The van der Waals surface area contributed by atoms with Crippen molar-refractivity contribution in [3.05, 3.63) is 65.2 Å². The standard InChI is InChI=1S/C30H40O5/c1-2-3-5-12-24(31)14-15-25-26-16-22-11-8-13-29(27(22)17-23(26)18-28(25)32)34-20-30(33)35-19-21-9-6-4-7-10-21/h4,6-11,13,23-26,28,31-32H,2-3,5,12,14-20H2,1H3/t23-,24-,25+,26-,28+/m1/s1. The van der Waals surface area contributed by atoms with Gasteiger partial charge < -0.3 is 19.7 Å². The van der Waals surface area contributed by atoms with Crippen molar-refractivity contribution < 1.29 is 24.5 Å². The van der Waals surface area contributed by atoms with E-state index in [-0.39, 0.29) is 37.3 Å². The van der Waals surface area contributed by atoms with Crippen molar-refractivity contribution in [2.75, 3.05) is 6.61 Å². The van der Waals surface area contributed by atoms with Gasteiger partial charge in [-0.05, 0) is 79.0 Å². The van der Waals surface area contributed by atoms with Crippen molar-refractivity contribution in [2.45, 2.75) is 83.5 Å². The molecule has 0 aromatic heterocycles. The fraction of sp³-hybridized carbons (Fsp3) is 0.567. The Morgan fingerprint density at radius 2 is 1.89 bits per heavy atom. The number of unbranched alkanes of at least 4 members (excludes halogenated alkanes) is 2. The number of hydrogen-bond acceptors (Lipinski definition) is 5. The van der Waals surface area contributed by atoms with Gasteiger partial charge in [0.2, 0.25) is 0 Å². The summed E-state index contributed by atoms with van der Waals surface area (Å²) in [5.41, 5.74) is 3.37. The van der Waals surface area contributed by atoms with Crippen molar-refractivity contribution in [1.29, 1.82) is 0 Å². The van der Waals surface area contributed by atoms with Crippen LogP contribution >= 0.6 is 0 Å². The summed E-state index contributed by atoms with van der Waals surface area (Å²) < 4.78 is 11.3. The van der Waals surface area contributed by atoms with Crippen LogP contribution in [0.25, 0.3) is 0 Å². The van der Waals surface area contributed by atoms with Gasteiger partial charge in [-0.15, -0.1) is 0 Å². The first-order valence-electron chi connectivity index (χ1n) is 13.3. The molecule has 1 fully saturated rings. The molecule has 35 heavy (non-hydrogen) atoms. The molecule has 0 saturated heterocycles. The van der Waals surface area contributed by atoms with E-state index in [1.54, 1.807) is 0 Å². The highest BCUT2D eigenvalue weighted by atomic mass is 16.6. The number of fused-ring (bicyclic) bond motifs is 2. The number of esters is 1. The Balaban J connectivity index is 1.31. The lowest BCUT2D eigenvalue weighted by Gasteiger charge is -2.32. The molecule has 0 amide bonds. The van der Waals surface area contributed by atoms with E-state index < -0.39 is 0 Å². The summed E-state index contributed by atoms with van der Waals surface area (Å²) in [4.78, 5) is 12.2. The number of aliphatic hydroxyl groups is 2. The maximum Gasteiger partial charge on any atom is 0.344 e. The lowest BCUT2D eigenvalue weighted by Crippen LogP contribution is -2.28. The molecule has 1 saturated carbocycles. The van der Waals surface area contributed by atoms with E-state index in [9.17, 15) is 15.0 Å². The monoisotopic (exact) mass is 480 g/mol. The predicted octanol–water partition coefficient (Wildman–Crippen LogP) is 5.24. The summed E-state index contributed by atoms with van der Waals surface area (Å²) in [7, 11) is 0. The van der Waals surface area contributed by atoms with Crippen LogP contribution in [0.2, 0.25) is 0 Å². The van der Waals surface area contributed by atoms with Gasteiger partial charge in [0.1, 0.15) is 12.4 Å². The highest BCUT2D eigenvalue weighted by Crippen LogP contribution is 2.48. The molecule has 0 radical (unpaired) electrons. The van der Waals surface area contributed by atoms with Gasteiger partial charge in [0, 0.05) is 0 Å². The molecule has 2 aliphatic carbocycles. The van der Waals surface area contributed by atoms with Gasteiger partial charge in [-0.2, -0.15) is 0 Å². The van der Waals surface area contributed by atoms with Crippen LogP contribution in [-0.4, -0.2) is 35.0 Å². The first-order chi connectivity index (χ1) is 17.0. The summed E-state index contributed by atoms with van der Waals surface area (Å²) in [5.74, 6) is 1.46. The number of aliphatic hydroxyl groups excluding tert-OH is 2. The van der Waals surface area contributed by atoms with E-state index in [1.807, 2.05) is 42.5 Å². The lowest BCUT2D eigenvalue weighted by atomic mass is 9.73. The normalized spacial score (nSPS) is 23.9. The minimum absolute atomic E-state index is 0.113. The Bertz CT molecular complexity index is 943. The Morgan fingerprint density at radius 1 is 1.06 bits per heavy atom. The smallest absolute Gasteiger partial charge is 0.344 e. The van der Waals surface area contributed by atoms with Gasteiger partial charge in [0.25, 0.3) is 0 Å². The van der Waals surface area contributed by atoms with Crippen LogP contribution in [0.15, 0.2) is 48.5 Å². The van der Waals surface area contributed by atoms with Crippen LogP contribution in [0.4, 0.5) is 0 Å². The molecule has 5 atom stereocenters. The van der Waals surface area contributed by atoms with Crippen molar-refractivity contribution in [3.8, 4) is 5.75 Å². The molecular formula is C30H40O5. The Kier molecular flexibility index (Phi) is 9.22. The van der Waals surface area contributed by atoms with Crippen molar-refractivity contribution in [1.82, 2.24) is 0 Å². The Morgan fingerprint density at radius 3 is 2.69 bits per heavy atom. The molecule has 2 aliphatic rings. The van der Waals surface area contributed by atoms with Crippen molar-refractivity contribution >= 4 is 5.97 Å². The molecule has 0 aliphatic heterocycles. The number of rotatable bonds is 12. The van der Waals surface area contributed by atoms with Crippen LogP contribution < -0.4 is 4.74 Å². The van der Waals surface area contributed by atoms with E-state index in [4.69, 9.17) is 9.47 Å². The van der Waals surface area contributed by atoms with E-state index in [0.717, 1.165) is 68.2 Å². The highest BCUT2D eigenvalue weighted by Gasteiger charge is 2.44. The zero-order valence-corrected chi connectivity index (χ0v) is 20.9. The second kappa shape index (κ2) is 12.5. The summed E-state index contributed by atoms with van der Waals surface area (Å²) in [6.45, 7) is 2.31. The number of carbonyl (C=O) groups excluding carboxylic acids is 1. The van der Waals surface area contributed by atoms with Crippen LogP contribution in [0.3, 0.4) is 0 Å². The number of carbonyl (C=O) groups is 1. The zero-order valence-electron chi connectivity index (χ0n) is 20.9. The van der Waals surface area contributed by atoms with Crippen molar-refractivity contribution in [3.63, 3.8) is 0 Å². The first kappa shape index (κ1) is 25.7. The average Bonchev–Trinajstić information content (AvgIpc) is 3.18. The minimum Gasteiger partial charge on any atom is -0.482 e. The first-order valence-corrected chi connectivity index (χ1v) is 13.3. The third-order valence-electron chi connectivity index (χ3n) is 7.91. The van der Waals surface area contributed by atoms with Gasteiger partial charge in [-0.25, -0.2) is 4.79 Å². The van der Waals surface area contributed by atoms with Gasteiger partial charge in [0.15, 0.2) is 6.61 Å². The molecule has 4 rings (SSSR count). The van der Waals surface area contributed by atoms with Crippen LogP contribution in [-0.2, 0) is 29.0 Å². The van der Waals surface area contributed by atoms with Gasteiger partial charge >= 0.3 is 5.97 Å². The molecule has 5 nitrogen and oxygen atoms in total. The number of hydrogen-bond donors (Lipinski definition) is 2. The molecule has 2 N–H and O–H groups in total. The van der Waals surface area contributed by atoms with Gasteiger partial charge in [0.05, 0.1) is 12.2 Å². The number of benzene rings is 2. The van der Waals surface area contributed by atoms with Gasteiger partial charge in [-0.1, -0.05) is 68.7 Å². The van der Waals surface area contributed by atoms with Crippen molar-refractivity contribution in [2.24, 2.45) is 17.8 Å². The fourth-order valence-corrected chi connectivity index (χ4v) is 6.01. The Labute approximate surface area is 209 Å². The number of ether oxygens (including phenoxy) is 2. The SMILES string of the molecule is CCCCC[C@@H](O)CC[C@H]1[C@@H]2Cc3cccc(OCC(=O)OCc4ccccc4)c3C[C@@H]2C[C@@H]1O. The predicted molar refractivity (Wildman–Crippen MR) is 136 cm³/mol. The van der Waals surface area contributed by atoms with Crippen LogP contribution in [0, 0.1) is 17.8 Å². The maximum absolute atomic E-state index is 12.2. The molecule has 2 aromatic carbocycles. The fourth-order valence-electron chi connectivity index (χ4n) is 6.01. The molecule has 2 aromatic rings. The van der Waals surface area contributed by atoms with Crippen LogP contribution in [0.5, 0.6) is 5.75 Å². The largest absolute Gasteiger partial charge is 0.482 e. The molecular weight excluding hydrogens is 440 g/mol. The molecule has 5 heteroatoms. The molecule has 0 heterocycles. The maximum atomic E-state index is 12.2. The highest BCUT2D eigenvalue weighted by molar-refractivity contribution is 5.71. The quantitative estimate of drug-likeness (QED) is 0.321. The van der Waals surface area contributed by atoms with E-state index in [2.05, 4.69) is 13.0 Å². The van der Waals surface area contributed by atoms with E-state index >= 15 is 0 Å². The average molecular weight is 481 g/mol. The third kappa shape index (κ3) is 6.86. The lowest BCUT2D eigenvalue weighted by molar-refractivity contribution is -0.147. The molecule has 0 spiro atoms. The molecule has 0 unspecified atom stereocenters. The third-order valence-corrected chi connectivity index (χ3v) is 7.91. The molecule has 190 valence electrons. The zero-order chi connectivity index (χ0) is 24.6. The Hall–Kier alpha value is -2.37. The second-order valence-corrected chi connectivity index (χ2v) is 10.4. The summed E-state index contributed by atoms with van der Waals surface area (Å²) in [5, 5.41) is 21.2. The van der Waals surface area contributed by atoms with E-state index in [1.165, 1.54) is 12.0 Å². The van der Waals surface area contributed by atoms with Gasteiger partial charge in [-0.3, -0.25) is 0 Å². The van der Waals surface area contributed by atoms with E-state index in [0.29, 0.717) is 11.8 Å². The summed E-state index contributed by atoms with van der Waals surface area (Å²) in [6, 6.07) is 15.7. The molecule has 0 bridgehead atoms. The topological polar surface area (TPSA) is 76.0 Å². The summed E-state index contributed by atoms with van der Waals surface area (Å²) in [6.07, 6.45) is 7.94. The second-order valence-electron chi connectivity index (χ2n) is 10.4. The van der Waals surface area contributed by atoms with Crippen LogP contribution in [0.1, 0.15) is 68.6 Å². The minimum atomic E-state index is -0.381.